The van der Waals surface area contributed by atoms with Crippen LogP contribution in [0.25, 0.3) is 0 Å². The largest absolute Gasteiger partial charge is 0.480 e. The minimum Gasteiger partial charge on any atom is -0.480 e. The van der Waals surface area contributed by atoms with Gasteiger partial charge in [-0.05, 0) is 79.5 Å². The third kappa shape index (κ3) is 6.56. The van der Waals surface area contributed by atoms with E-state index in [-0.39, 0.29) is 17.6 Å². The van der Waals surface area contributed by atoms with E-state index in [1.54, 1.807) is 0 Å². The van der Waals surface area contributed by atoms with E-state index in [0.717, 1.165) is 80.7 Å². The van der Waals surface area contributed by atoms with Crippen LogP contribution in [0.4, 0.5) is 5.82 Å². The zero-order valence-electron chi connectivity index (χ0n) is 23.0. The van der Waals surface area contributed by atoms with Crippen molar-refractivity contribution in [1.29, 1.82) is 0 Å². The molecule has 3 aliphatic rings. The summed E-state index contributed by atoms with van der Waals surface area (Å²) < 4.78 is 12.4. The minimum absolute atomic E-state index is 0.0631. The number of nitrogens with one attached hydrogen (secondary N) is 1. The Morgan fingerprint density at radius 3 is 2.97 bits per heavy atom. The lowest BCUT2D eigenvalue weighted by Gasteiger charge is -2.37. The van der Waals surface area contributed by atoms with Gasteiger partial charge in [-0.2, -0.15) is 0 Å². The Kier molecular flexibility index (Phi) is 8.66. The Morgan fingerprint density at radius 2 is 2.13 bits per heavy atom. The van der Waals surface area contributed by atoms with Crippen molar-refractivity contribution in [3.63, 3.8) is 0 Å². The maximum absolute atomic E-state index is 12.5. The maximum Gasteiger partial charge on any atom is 0.325 e. The molecule has 5 rings (SSSR count). The fraction of sp³-hybridized carbons (Fsp3) is 0.613. The van der Waals surface area contributed by atoms with Crippen LogP contribution in [-0.2, 0) is 27.1 Å². The number of aryl methyl sites for hydroxylation is 2. The van der Waals surface area contributed by atoms with Gasteiger partial charge in [0.15, 0.2) is 0 Å². The van der Waals surface area contributed by atoms with Crippen molar-refractivity contribution >= 4 is 11.8 Å². The molecule has 0 aliphatic carbocycles. The maximum atomic E-state index is 12.5. The van der Waals surface area contributed by atoms with Gasteiger partial charge in [0.25, 0.3) is 0 Å². The number of anilines is 1. The van der Waals surface area contributed by atoms with Crippen molar-refractivity contribution < 1.29 is 19.4 Å². The zero-order valence-corrected chi connectivity index (χ0v) is 23.0. The molecule has 38 heavy (non-hydrogen) atoms. The first-order valence-electron chi connectivity index (χ1n) is 14.4. The third-order valence-electron chi connectivity index (χ3n) is 8.38. The number of unbranched alkanes of at least 4 members (excludes halogenated alkanes) is 1. The summed E-state index contributed by atoms with van der Waals surface area (Å²) in [4.78, 5) is 19.4. The van der Waals surface area contributed by atoms with Gasteiger partial charge in [-0.1, -0.05) is 44.2 Å². The summed E-state index contributed by atoms with van der Waals surface area (Å²) in [5.74, 6) is 0.254. The van der Waals surface area contributed by atoms with Crippen LogP contribution in [0.2, 0.25) is 0 Å². The number of carbonyl (C=O) groups is 1. The lowest BCUT2D eigenvalue weighted by molar-refractivity contribution is -0.143. The molecule has 3 aliphatic heterocycles. The topological polar surface area (TPSA) is 83.9 Å². The third-order valence-corrected chi connectivity index (χ3v) is 8.38. The van der Waals surface area contributed by atoms with E-state index in [2.05, 4.69) is 42.3 Å². The summed E-state index contributed by atoms with van der Waals surface area (Å²) in [6, 6.07) is 11.6. The molecule has 206 valence electrons. The van der Waals surface area contributed by atoms with Gasteiger partial charge < -0.3 is 19.9 Å². The van der Waals surface area contributed by atoms with Crippen LogP contribution in [0, 0.1) is 5.41 Å². The summed E-state index contributed by atoms with van der Waals surface area (Å²) in [5.41, 5.74) is 4.53. The van der Waals surface area contributed by atoms with Crippen LogP contribution >= 0.6 is 0 Å². The molecule has 0 unspecified atom stereocenters. The predicted octanol–water partition coefficient (Wildman–Crippen LogP) is 5.56. The number of hydrogen-bond acceptors (Lipinski definition) is 6. The first-order valence-corrected chi connectivity index (χ1v) is 14.4. The molecule has 0 saturated carbocycles. The fourth-order valence-corrected chi connectivity index (χ4v) is 6.17. The van der Waals surface area contributed by atoms with Gasteiger partial charge in [0, 0.05) is 38.5 Å². The Labute approximate surface area is 226 Å². The minimum atomic E-state index is -0.805. The van der Waals surface area contributed by atoms with Crippen LogP contribution in [0.5, 0.6) is 0 Å². The second kappa shape index (κ2) is 12.1. The van der Waals surface area contributed by atoms with Crippen LogP contribution in [0.3, 0.4) is 0 Å². The molecule has 0 amide bonds. The molecule has 7 nitrogen and oxygen atoms in total. The standard InChI is InChI=1S/C31H43N3O4/c1-31(2)15-19-38-27(20-31)25-10-3-4-11-26(25)28(30(35)36)34-17-14-24(21-34)37-18-6-5-9-23-13-12-22-8-7-16-32-29(22)33-23/h3-4,10-13,24,27-28H,5-9,14-21H2,1-2H3,(H,32,33)(H,35,36)/t24-,27-,28+/m1/s1. The van der Waals surface area contributed by atoms with Gasteiger partial charge in [-0.3, -0.25) is 9.69 Å². The molecule has 7 heteroatoms. The predicted molar refractivity (Wildman–Crippen MR) is 148 cm³/mol. The molecule has 0 bridgehead atoms. The van der Waals surface area contributed by atoms with Crippen molar-refractivity contribution in [1.82, 2.24) is 9.88 Å². The highest BCUT2D eigenvalue weighted by Gasteiger charge is 2.38. The number of hydrogen-bond donors (Lipinski definition) is 2. The highest BCUT2D eigenvalue weighted by Crippen LogP contribution is 2.42. The Bertz CT molecular complexity index is 1100. The number of carboxylic acid groups (broad SMARTS) is 1. The van der Waals surface area contributed by atoms with Gasteiger partial charge in [0.2, 0.25) is 0 Å². The second-order valence-electron chi connectivity index (χ2n) is 11.9. The first kappa shape index (κ1) is 27.1. The Hall–Kier alpha value is -2.48. The average Bonchev–Trinajstić information content (AvgIpc) is 3.36. The van der Waals surface area contributed by atoms with Crippen molar-refractivity contribution in [2.75, 3.05) is 38.2 Å². The lowest BCUT2D eigenvalue weighted by atomic mass is 9.79. The molecule has 0 spiro atoms. The Balaban J connectivity index is 1.13. The zero-order chi connectivity index (χ0) is 26.5. The second-order valence-corrected chi connectivity index (χ2v) is 11.9. The van der Waals surface area contributed by atoms with Gasteiger partial charge >= 0.3 is 5.97 Å². The van der Waals surface area contributed by atoms with E-state index in [9.17, 15) is 9.90 Å². The van der Waals surface area contributed by atoms with E-state index in [0.29, 0.717) is 19.8 Å². The number of pyridine rings is 1. The normalized spacial score (nSPS) is 23.9. The van der Waals surface area contributed by atoms with Crippen LogP contribution in [0.15, 0.2) is 36.4 Å². The van der Waals surface area contributed by atoms with E-state index in [4.69, 9.17) is 14.5 Å². The number of aromatic nitrogens is 1. The molecule has 4 heterocycles. The first-order chi connectivity index (χ1) is 18.4. The number of rotatable bonds is 10. The summed E-state index contributed by atoms with van der Waals surface area (Å²) >= 11 is 0. The molecule has 1 aromatic carbocycles. The SMILES string of the molecule is CC1(C)CCO[C@@H](c2ccccc2[C@@H](C(=O)O)N2CC[C@@H](OCCCCc3ccc4c(n3)NCCC4)C2)C1. The van der Waals surface area contributed by atoms with Crippen molar-refractivity contribution in [3.05, 3.63) is 58.8 Å². The van der Waals surface area contributed by atoms with E-state index < -0.39 is 12.0 Å². The summed E-state index contributed by atoms with van der Waals surface area (Å²) in [6.07, 6.45) is 8.05. The van der Waals surface area contributed by atoms with E-state index >= 15 is 0 Å². The van der Waals surface area contributed by atoms with E-state index in [1.165, 1.54) is 12.0 Å². The fourth-order valence-electron chi connectivity index (χ4n) is 6.17. The quantitative estimate of drug-likeness (QED) is 0.396. The van der Waals surface area contributed by atoms with Gasteiger partial charge in [-0.15, -0.1) is 0 Å². The molecule has 2 fully saturated rings. The van der Waals surface area contributed by atoms with Crippen LogP contribution in [0.1, 0.15) is 86.9 Å². The van der Waals surface area contributed by atoms with Crippen molar-refractivity contribution in [2.24, 2.45) is 5.41 Å². The molecular formula is C31H43N3O4. The highest BCUT2D eigenvalue weighted by molar-refractivity contribution is 5.76. The average molecular weight is 522 g/mol. The number of ether oxygens (including phenoxy) is 2. The number of nitrogens with zero attached hydrogens (tertiary/aromatic N) is 2. The molecular weight excluding hydrogens is 478 g/mol. The van der Waals surface area contributed by atoms with Crippen LogP contribution in [-0.4, -0.2) is 59.9 Å². The molecule has 2 aromatic rings. The van der Waals surface area contributed by atoms with Crippen molar-refractivity contribution in [2.45, 2.75) is 83.5 Å². The number of benzene rings is 1. The number of aliphatic carboxylic acids is 1. The van der Waals surface area contributed by atoms with Gasteiger partial charge in [0.05, 0.1) is 12.2 Å². The lowest BCUT2D eigenvalue weighted by Crippen LogP contribution is -2.35. The van der Waals surface area contributed by atoms with E-state index in [1.807, 2.05) is 18.2 Å². The Morgan fingerprint density at radius 1 is 1.26 bits per heavy atom. The highest BCUT2D eigenvalue weighted by atomic mass is 16.5. The van der Waals surface area contributed by atoms with Gasteiger partial charge in [0.1, 0.15) is 11.9 Å². The number of fused-ring (bicyclic) bond motifs is 1. The molecule has 1 aromatic heterocycles. The number of carboxylic acids is 1. The smallest absolute Gasteiger partial charge is 0.325 e. The summed E-state index contributed by atoms with van der Waals surface area (Å²) in [5, 5.41) is 13.7. The summed E-state index contributed by atoms with van der Waals surface area (Å²) in [7, 11) is 0. The van der Waals surface area contributed by atoms with Gasteiger partial charge in [-0.25, -0.2) is 4.98 Å². The van der Waals surface area contributed by atoms with Crippen molar-refractivity contribution in [3.8, 4) is 0 Å². The molecule has 2 N–H and O–H groups in total. The van der Waals surface area contributed by atoms with Crippen LogP contribution < -0.4 is 5.32 Å². The number of likely N-dealkylation sites (tertiary alicyclic amines) is 1. The molecule has 3 atom stereocenters. The molecule has 2 saturated heterocycles. The summed E-state index contributed by atoms with van der Waals surface area (Å²) in [6.45, 7) is 8.31. The molecule has 0 radical (unpaired) electrons. The monoisotopic (exact) mass is 521 g/mol.